The van der Waals surface area contributed by atoms with E-state index in [1.807, 2.05) is 6.92 Å². The van der Waals surface area contributed by atoms with Gasteiger partial charge in [-0.15, -0.1) is 0 Å². The fourth-order valence-corrected chi connectivity index (χ4v) is 1.42. The lowest BCUT2D eigenvalue weighted by Gasteiger charge is -2.19. The maximum Gasteiger partial charge on any atom is 0.402 e. The summed E-state index contributed by atoms with van der Waals surface area (Å²) >= 11 is 0. The van der Waals surface area contributed by atoms with E-state index in [9.17, 15) is 13.2 Å². The van der Waals surface area contributed by atoms with E-state index in [0.717, 1.165) is 12.0 Å². The summed E-state index contributed by atoms with van der Waals surface area (Å²) in [7, 11) is 0. The van der Waals surface area contributed by atoms with Gasteiger partial charge in [-0.25, -0.2) is 0 Å². The van der Waals surface area contributed by atoms with Gasteiger partial charge in [-0.2, -0.15) is 13.2 Å². The predicted octanol–water partition coefficient (Wildman–Crippen LogP) is 2.55. The van der Waals surface area contributed by atoms with Gasteiger partial charge in [0.15, 0.2) is 5.84 Å². The zero-order chi connectivity index (χ0) is 14.5. The monoisotopic (exact) mass is 276 g/mol. The van der Waals surface area contributed by atoms with Crippen LogP contribution >= 0.6 is 0 Å². The summed E-state index contributed by atoms with van der Waals surface area (Å²) < 4.78 is 42.9. The van der Waals surface area contributed by atoms with Crippen LogP contribution in [0.25, 0.3) is 0 Å². The van der Waals surface area contributed by atoms with E-state index >= 15 is 0 Å². The molecule has 0 bridgehead atoms. The van der Waals surface area contributed by atoms with Crippen molar-refractivity contribution in [3.05, 3.63) is 29.8 Å². The van der Waals surface area contributed by atoms with Crippen molar-refractivity contribution < 1.29 is 23.1 Å². The third-order valence-corrected chi connectivity index (χ3v) is 2.62. The molecular weight excluding hydrogens is 261 g/mol. The van der Waals surface area contributed by atoms with Crippen LogP contribution < -0.4 is 10.5 Å². The molecule has 0 aliphatic carbocycles. The van der Waals surface area contributed by atoms with Crippen molar-refractivity contribution in [3.8, 4) is 5.75 Å². The predicted molar refractivity (Wildman–Crippen MR) is 64.3 cm³/mol. The molecule has 0 spiro atoms. The van der Waals surface area contributed by atoms with Gasteiger partial charge in [0.1, 0.15) is 18.3 Å². The van der Waals surface area contributed by atoms with Gasteiger partial charge >= 0.3 is 6.18 Å². The van der Waals surface area contributed by atoms with E-state index in [1.165, 1.54) is 0 Å². The van der Waals surface area contributed by atoms with Crippen molar-refractivity contribution >= 4 is 5.84 Å². The summed E-state index contributed by atoms with van der Waals surface area (Å²) in [4.78, 5) is 0. The molecule has 1 aromatic carbocycles. The molecular formula is C12H15F3N2O2. The number of benzene rings is 1. The fourth-order valence-electron chi connectivity index (χ4n) is 1.42. The molecule has 1 aromatic rings. The quantitative estimate of drug-likeness (QED) is 0.376. The van der Waals surface area contributed by atoms with E-state index in [4.69, 9.17) is 15.7 Å². The molecule has 4 nitrogen and oxygen atoms in total. The van der Waals surface area contributed by atoms with Crippen molar-refractivity contribution in [2.75, 3.05) is 6.61 Å². The molecule has 1 rings (SSSR count). The van der Waals surface area contributed by atoms with Gasteiger partial charge in [-0.1, -0.05) is 24.2 Å². The number of hydrogen-bond donors (Lipinski definition) is 2. The second-order valence-electron chi connectivity index (χ2n) is 3.93. The van der Waals surface area contributed by atoms with Crippen LogP contribution in [0.15, 0.2) is 29.4 Å². The summed E-state index contributed by atoms with van der Waals surface area (Å²) in [6.45, 7) is 1.23. The summed E-state index contributed by atoms with van der Waals surface area (Å²) in [6, 6.07) is 6.69. The van der Waals surface area contributed by atoms with E-state index in [1.54, 1.807) is 24.3 Å². The van der Waals surface area contributed by atoms with Gasteiger partial charge < -0.3 is 15.7 Å². The molecule has 0 saturated heterocycles. The highest BCUT2D eigenvalue weighted by Crippen LogP contribution is 2.27. The van der Waals surface area contributed by atoms with Gasteiger partial charge in [0.2, 0.25) is 0 Å². The third-order valence-electron chi connectivity index (χ3n) is 2.62. The lowest BCUT2D eigenvalue weighted by Crippen LogP contribution is -2.40. The van der Waals surface area contributed by atoms with E-state index < -0.39 is 24.5 Å². The van der Waals surface area contributed by atoms with Crippen molar-refractivity contribution in [2.24, 2.45) is 16.8 Å². The molecule has 0 aliphatic heterocycles. The Morgan fingerprint density at radius 3 is 2.37 bits per heavy atom. The molecule has 0 aliphatic rings. The Hall–Kier alpha value is -1.92. The highest BCUT2D eigenvalue weighted by Gasteiger charge is 2.43. The van der Waals surface area contributed by atoms with Crippen LogP contribution in [0, 0.1) is 5.92 Å². The van der Waals surface area contributed by atoms with Crippen LogP contribution in [0.2, 0.25) is 0 Å². The molecule has 106 valence electrons. The first kappa shape index (κ1) is 15.1. The summed E-state index contributed by atoms with van der Waals surface area (Å²) in [5.41, 5.74) is 6.07. The van der Waals surface area contributed by atoms with Crippen LogP contribution in [0.1, 0.15) is 12.5 Å². The molecule has 0 amide bonds. The highest BCUT2D eigenvalue weighted by atomic mass is 19.4. The number of halogens is 3. The molecule has 7 heteroatoms. The molecule has 0 fully saturated rings. The number of rotatable bonds is 5. The Labute approximate surface area is 108 Å². The van der Waals surface area contributed by atoms with Crippen molar-refractivity contribution in [2.45, 2.75) is 19.5 Å². The molecule has 1 unspecified atom stereocenters. The average molecular weight is 276 g/mol. The molecule has 0 radical (unpaired) electrons. The minimum absolute atomic E-state index is 0.303. The second-order valence-corrected chi connectivity index (χ2v) is 3.93. The minimum atomic E-state index is -4.63. The van der Waals surface area contributed by atoms with Gasteiger partial charge in [0.25, 0.3) is 0 Å². The Morgan fingerprint density at radius 2 is 1.95 bits per heavy atom. The standard InChI is InChI=1S/C12H15F3N2O2/c1-2-8-3-5-9(6-4-8)19-7-10(11(16)17-18)12(13,14)15/h3-6,10,18H,2,7H2,1H3,(H2,16,17). The normalized spacial score (nSPS) is 14.2. The molecule has 3 N–H and O–H groups in total. The van der Waals surface area contributed by atoms with E-state index in [2.05, 4.69) is 5.16 Å². The number of nitrogens with zero attached hydrogens (tertiary/aromatic N) is 1. The van der Waals surface area contributed by atoms with Crippen LogP contribution in [-0.4, -0.2) is 23.8 Å². The van der Waals surface area contributed by atoms with Gasteiger partial charge in [0.05, 0.1) is 0 Å². The van der Waals surface area contributed by atoms with E-state index in [0.29, 0.717) is 5.75 Å². The average Bonchev–Trinajstić information content (AvgIpc) is 2.37. The zero-order valence-corrected chi connectivity index (χ0v) is 10.3. The molecule has 19 heavy (non-hydrogen) atoms. The maximum atomic E-state index is 12.6. The summed E-state index contributed by atoms with van der Waals surface area (Å²) in [5.74, 6) is -2.75. The summed E-state index contributed by atoms with van der Waals surface area (Å²) in [6.07, 6.45) is -3.80. The van der Waals surface area contributed by atoms with Crippen LogP contribution in [-0.2, 0) is 6.42 Å². The number of alkyl halides is 3. The maximum absolute atomic E-state index is 12.6. The molecule has 0 aromatic heterocycles. The topological polar surface area (TPSA) is 67.8 Å². The Bertz CT molecular complexity index is 430. The molecule has 0 saturated carbocycles. The Balaban J connectivity index is 2.71. The van der Waals surface area contributed by atoms with Gasteiger partial charge in [-0.3, -0.25) is 0 Å². The van der Waals surface area contributed by atoms with Gasteiger partial charge in [-0.05, 0) is 24.1 Å². The Kier molecular flexibility index (Phi) is 5.02. The van der Waals surface area contributed by atoms with Crippen LogP contribution in [0.3, 0.4) is 0 Å². The van der Waals surface area contributed by atoms with Gasteiger partial charge in [0, 0.05) is 0 Å². The fraction of sp³-hybridized carbons (Fsp3) is 0.417. The first-order valence-electron chi connectivity index (χ1n) is 5.64. The number of oxime groups is 1. The van der Waals surface area contributed by atoms with Crippen molar-refractivity contribution in [1.82, 2.24) is 0 Å². The molecule has 1 atom stereocenters. The lowest BCUT2D eigenvalue weighted by atomic mass is 10.1. The van der Waals surface area contributed by atoms with Crippen LogP contribution in [0.4, 0.5) is 13.2 Å². The number of amidine groups is 1. The first-order chi connectivity index (χ1) is 8.88. The van der Waals surface area contributed by atoms with Crippen LogP contribution in [0.5, 0.6) is 5.75 Å². The first-order valence-corrected chi connectivity index (χ1v) is 5.64. The summed E-state index contributed by atoms with van der Waals surface area (Å²) in [5, 5.41) is 10.7. The second kappa shape index (κ2) is 6.31. The molecule has 0 heterocycles. The third kappa shape index (κ3) is 4.35. The van der Waals surface area contributed by atoms with Crippen molar-refractivity contribution in [3.63, 3.8) is 0 Å². The highest BCUT2D eigenvalue weighted by molar-refractivity contribution is 5.83. The van der Waals surface area contributed by atoms with E-state index in [-0.39, 0.29) is 0 Å². The lowest BCUT2D eigenvalue weighted by molar-refractivity contribution is -0.162. The smallest absolute Gasteiger partial charge is 0.402 e. The minimum Gasteiger partial charge on any atom is -0.492 e. The van der Waals surface area contributed by atoms with Crippen molar-refractivity contribution in [1.29, 1.82) is 0 Å². The zero-order valence-electron chi connectivity index (χ0n) is 10.3. The number of nitrogens with two attached hydrogens (primary N) is 1. The number of aryl methyl sites for hydroxylation is 1. The number of hydrogen-bond acceptors (Lipinski definition) is 3. The number of ether oxygens (including phenoxy) is 1. The Morgan fingerprint density at radius 1 is 1.37 bits per heavy atom. The SMILES string of the molecule is CCc1ccc(OCC(/C(N)=N/O)C(F)(F)F)cc1. The largest absolute Gasteiger partial charge is 0.492 e.